The third kappa shape index (κ3) is 2.44. The van der Waals surface area contributed by atoms with Crippen LogP contribution in [0.1, 0.15) is 31.2 Å². The molecule has 3 heterocycles. The zero-order valence-corrected chi connectivity index (χ0v) is 15.5. The third-order valence-corrected chi connectivity index (χ3v) is 5.59. The summed E-state index contributed by atoms with van der Waals surface area (Å²) in [4.78, 5) is 12.6. The summed E-state index contributed by atoms with van der Waals surface area (Å²) >= 11 is 0. The molecule has 135 valence electrons. The maximum absolute atomic E-state index is 4.99. The van der Waals surface area contributed by atoms with Crippen LogP contribution in [0.5, 0.6) is 0 Å². The second kappa shape index (κ2) is 5.94. The van der Waals surface area contributed by atoms with Crippen LogP contribution in [0.2, 0.25) is 0 Å². The van der Waals surface area contributed by atoms with Crippen molar-refractivity contribution < 1.29 is 0 Å². The first-order chi connectivity index (χ1) is 13.2. The van der Waals surface area contributed by atoms with E-state index < -0.39 is 0 Å². The molecule has 4 aromatic rings. The number of anilines is 1. The number of para-hydroxylation sites is 2. The molecule has 5 rings (SSSR count). The average molecular weight is 357 g/mol. The standard InChI is InChI=1S/C21H21N6/c1-15-7-5-8-16-19(15)25-20(24-16)21(2)11-6-14-26(21)17-9-3-4-10-18(17)27-22-12-13-23-27/h3-5,7-9,12-13H,6,11,14H2,1-2H3,(H,24,25)/t21-/m0/s1. The van der Waals surface area contributed by atoms with Crippen molar-refractivity contribution in [1.29, 1.82) is 0 Å². The fourth-order valence-electron chi connectivity index (χ4n) is 4.15. The fourth-order valence-corrected chi connectivity index (χ4v) is 4.15. The number of nitrogens with zero attached hydrogens (tertiary/aromatic N) is 5. The summed E-state index contributed by atoms with van der Waals surface area (Å²) in [5.74, 6) is 1.01. The summed E-state index contributed by atoms with van der Waals surface area (Å²) in [6, 6.07) is 15.6. The Balaban J connectivity index is 1.64. The molecular formula is C21H21N6. The number of benzene rings is 2. The summed E-state index contributed by atoms with van der Waals surface area (Å²) in [5, 5.41) is 8.62. The van der Waals surface area contributed by atoms with Crippen molar-refractivity contribution in [2.24, 2.45) is 0 Å². The molecular weight excluding hydrogens is 336 g/mol. The van der Waals surface area contributed by atoms with Gasteiger partial charge in [-0.2, -0.15) is 10.2 Å². The summed E-state index contributed by atoms with van der Waals surface area (Å²) in [6.45, 7) is 5.33. The number of hydrogen-bond acceptors (Lipinski definition) is 4. The van der Waals surface area contributed by atoms with Crippen LogP contribution < -0.4 is 4.90 Å². The lowest BCUT2D eigenvalue weighted by atomic mass is 9.97. The van der Waals surface area contributed by atoms with Gasteiger partial charge in [0, 0.05) is 12.6 Å². The number of aromatic nitrogens is 5. The van der Waals surface area contributed by atoms with Crippen LogP contribution in [0, 0.1) is 13.0 Å². The van der Waals surface area contributed by atoms with Crippen molar-refractivity contribution in [3.05, 3.63) is 66.2 Å². The lowest BCUT2D eigenvalue weighted by Crippen LogP contribution is -2.40. The molecule has 1 aliphatic heterocycles. The van der Waals surface area contributed by atoms with Gasteiger partial charge in [0.25, 0.3) is 0 Å². The maximum atomic E-state index is 4.99. The topological polar surface area (TPSA) is 62.6 Å². The highest BCUT2D eigenvalue weighted by molar-refractivity contribution is 5.79. The van der Waals surface area contributed by atoms with Crippen LogP contribution in [0.3, 0.4) is 0 Å². The average Bonchev–Trinajstić information content (AvgIpc) is 3.42. The van der Waals surface area contributed by atoms with Crippen LogP contribution in [-0.2, 0) is 5.54 Å². The highest BCUT2D eigenvalue weighted by Gasteiger charge is 2.42. The van der Waals surface area contributed by atoms with E-state index in [1.165, 1.54) is 5.56 Å². The predicted molar refractivity (Wildman–Crippen MR) is 105 cm³/mol. The van der Waals surface area contributed by atoms with Crippen LogP contribution >= 0.6 is 0 Å². The minimum atomic E-state index is -0.220. The molecule has 1 atom stereocenters. The Bertz CT molecular complexity index is 1100. The minimum Gasteiger partial charge on any atom is -0.357 e. The lowest BCUT2D eigenvalue weighted by Gasteiger charge is -2.36. The van der Waals surface area contributed by atoms with Gasteiger partial charge in [-0.25, -0.2) is 4.98 Å². The highest BCUT2D eigenvalue weighted by atomic mass is 15.5. The molecule has 2 aromatic heterocycles. The van der Waals surface area contributed by atoms with Crippen LogP contribution in [0.4, 0.5) is 5.69 Å². The number of rotatable bonds is 3. The monoisotopic (exact) mass is 357 g/mol. The molecule has 6 nitrogen and oxygen atoms in total. The van der Waals surface area contributed by atoms with Gasteiger partial charge < -0.3 is 9.88 Å². The molecule has 1 N–H and O–H groups in total. The molecule has 0 spiro atoms. The van der Waals surface area contributed by atoms with Gasteiger partial charge in [0.05, 0.1) is 34.7 Å². The number of imidazole rings is 1. The Labute approximate surface area is 157 Å². The highest BCUT2D eigenvalue weighted by Crippen LogP contribution is 2.42. The number of aromatic amines is 1. The molecule has 1 saturated heterocycles. The largest absolute Gasteiger partial charge is 0.357 e. The van der Waals surface area contributed by atoms with E-state index >= 15 is 0 Å². The van der Waals surface area contributed by atoms with Gasteiger partial charge in [-0.3, -0.25) is 0 Å². The predicted octanol–water partition coefficient (Wildman–Crippen LogP) is 3.77. The normalized spacial score (nSPS) is 19.9. The SMILES string of the molecule is Cc1cccc2[nH]c([C@]3(C)CCCN3c3ccc[c]c3-n3nccn3)nc12. The van der Waals surface area contributed by atoms with Crippen molar-refractivity contribution in [3.63, 3.8) is 0 Å². The number of hydrogen-bond donors (Lipinski definition) is 1. The van der Waals surface area contributed by atoms with Crippen molar-refractivity contribution in [2.75, 3.05) is 11.4 Å². The van der Waals surface area contributed by atoms with Crippen molar-refractivity contribution in [1.82, 2.24) is 25.0 Å². The van der Waals surface area contributed by atoms with Crippen molar-refractivity contribution in [3.8, 4) is 5.69 Å². The summed E-state index contributed by atoms with van der Waals surface area (Å²) in [7, 11) is 0. The Kier molecular flexibility index (Phi) is 3.53. The number of nitrogens with one attached hydrogen (secondary N) is 1. The smallest absolute Gasteiger partial charge is 0.132 e. The second-order valence-electron chi connectivity index (χ2n) is 7.31. The lowest BCUT2D eigenvalue weighted by molar-refractivity contribution is 0.466. The quantitative estimate of drug-likeness (QED) is 0.606. The Hall–Kier alpha value is -3.15. The van der Waals surface area contributed by atoms with E-state index in [-0.39, 0.29) is 5.54 Å². The van der Waals surface area contributed by atoms with E-state index in [1.807, 2.05) is 12.1 Å². The molecule has 0 bridgehead atoms. The molecule has 1 fully saturated rings. The zero-order chi connectivity index (χ0) is 18.4. The molecule has 0 unspecified atom stereocenters. The van der Waals surface area contributed by atoms with Crippen molar-refractivity contribution >= 4 is 16.7 Å². The second-order valence-corrected chi connectivity index (χ2v) is 7.31. The van der Waals surface area contributed by atoms with Crippen LogP contribution in [0.25, 0.3) is 16.7 Å². The first-order valence-corrected chi connectivity index (χ1v) is 9.28. The molecule has 2 aromatic carbocycles. The number of fused-ring (bicyclic) bond motifs is 1. The van der Waals surface area contributed by atoms with Crippen LogP contribution in [-0.4, -0.2) is 31.5 Å². The van der Waals surface area contributed by atoms with Gasteiger partial charge in [-0.15, -0.1) is 4.80 Å². The van der Waals surface area contributed by atoms with Crippen molar-refractivity contribution in [2.45, 2.75) is 32.2 Å². The van der Waals surface area contributed by atoms with Gasteiger partial charge in [-0.05, 0) is 44.4 Å². The Morgan fingerprint density at radius 3 is 2.81 bits per heavy atom. The van der Waals surface area contributed by atoms with E-state index in [0.717, 1.165) is 47.6 Å². The van der Waals surface area contributed by atoms with E-state index in [9.17, 15) is 0 Å². The van der Waals surface area contributed by atoms with Gasteiger partial charge in [0.1, 0.15) is 11.5 Å². The van der Waals surface area contributed by atoms with E-state index in [2.05, 4.69) is 64.3 Å². The van der Waals surface area contributed by atoms with E-state index in [4.69, 9.17) is 4.98 Å². The van der Waals surface area contributed by atoms with E-state index in [0.29, 0.717) is 0 Å². The molecule has 6 heteroatoms. The summed E-state index contributed by atoms with van der Waals surface area (Å²) in [6.07, 6.45) is 5.52. The molecule has 1 radical (unpaired) electrons. The van der Waals surface area contributed by atoms with E-state index in [1.54, 1.807) is 17.2 Å². The maximum Gasteiger partial charge on any atom is 0.132 e. The van der Waals surface area contributed by atoms with Gasteiger partial charge in [-0.1, -0.05) is 24.3 Å². The fraction of sp³-hybridized carbons (Fsp3) is 0.286. The summed E-state index contributed by atoms with van der Waals surface area (Å²) < 4.78 is 0. The first-order valence-electron chi connectivity index (χ1n) is 9.28. The van der Waals surface area contributed by atoms with Gasteiger partial charge in [0.15, 0.2) is 0 Å². The van der Waals surface area contributed by atoms with Gasteiger partial charge >= 0.3 is 0 Å². The summed E-state index contributed by atoms with van der Waals surface area (Å²) in [5.41, 5.74) is 5.05. The minimum absolute atomic E-state index is 0.220. The zero-order valence-electron chi connectivity index (χ0n) is 15.5. The number of aryl methyl sites for hydroxylation is 1. The Morgan fingerprint density at radius 2 is 2.00 bits per heavy atom. The third-order valence-electron chi connectivity index (χ3n) is 5.59. The number of H-pyrrole nitrogens is 1. The molecule has 0 aliphatic carbocycles. The Morgan fingerprint density at radius 1 is 1.15 bits per heavy atom. The van der Waals surface area contributed by atoms with Crippen LogP contribution in [0.15, 0.2) is 48.8 Å². The first kappa shape index (κ1) is 16.1. The van der Waals surface area contributed by atoms with Gasteiger partial charge in [0.2, 0.25) is 0 Å². The molecule has 0 amide bonds. The molecule has 0 saturated carbocycles. The molecule has 1 aliphatic rings. The molecule has 27 heavy (non-hydrogen) atoms.